The smallest absolute Gasteiger partial charge is 0.293 e. The fraction of sp³-hybridized carbons (Fsp3) is 0.179. The van der Waals surface area contributed by atoms with Gasteiger partial charge >= 0.3 is 0 Å². The molecule has 0 aliphatic carbocycles. The van der Waals surface area contributed by atoms with Gasteiger partial charge in [-0.3, -0.25) is 9.79 Å². The highest BCUT2D eigenvalue weighted by atomic mass is 32.2. The molecule has 0 unspecified atom stereocenters. The summed E-state index contributed by atoms with van der Waals surface area (Å²) in [5, 5.41) is 21.9. The molecule has 0 atom stereocenters. The largest absolute Gasteiger partial charge is 0.493 e. The summed E-state index contributed by atoms with van der Waals surface area (Å²) in [5.74, 6) is 1.98. The van der Waals surface area contributed by atoms with Crippen LogP contribution >= 0.6 is 23.5 Å². The van der Waals surface area contributed by atoms with Crippen molar-refractivity contribution in [3.05, 3.63) is 83.2 Å². The molecule has 0 saturated carbocycles. The minimum Gasteiger partial charge on any atom is -0.493 e. The predicted octanol–water partition coefficient (Wildman–Crippen LogP) is 4.07. The molecule has 13 nitrogen and oxygen atoms in total. The quantitative estimate of drug-likeness (QED) is 0.172. The average molecular weight is 616 g/mol. The van der Waals surface area contributed by atoms with Gasteiger partial charge in [-0.05, 0) is 50.4 Å². The van der Waals surface area contributed by atoms with E-state index >= 15 is 0 Å². The lowest BCUT2D eigenvalue weighted by atomic mass is 10.1. The number of nitrogens with zero attached hydrogens (tertiary/aromatic N) is 7. The first-order chi connectivity index (χ1) is 21.1. The summed E-state index contributed by atoms with van der Waals surface area (Å²) in [7, 11) is 1.57. The van der Waals surface area contributed by atoms with E-state index in [2.05, 4.69) is 54.3 Å². The number of rotatable bonds is 10. The first-order valence-electron chi connectivity index (χ1n) is 13.0. The molecule has 0 radical (unpaired) electrons. The summed E-state index contributed by atoms with van der Waals surface area (Å²) in [6.45, 7) is 1.14. The molecule has 3 aromatic carbocycles. The van der Waals surface area contributed by atoms with E-state index < -0.39 is 5.91 Å². The molecule has 0 bridgehead atoms. The van der Waals surface area contributed by atoms with Gasteiger partial charge in [0.05, 0.1) is 25.6 Å². The van der Waals surface area contributed by atoms with E-state index in [-0.39, 0.29) is 17.3 Å². The molecule has 2 aromatic heterocycles. The van der Waals surface area contributed by atoms with E-state index in [9.17, 15) is 4.79 Å². The Hall–Kier alpha value is -4.89. The van der Waals surface area contributed by atoms with Crippen molar-refractivity contribution < 1.29 is 18.9 Å². The molecule has 15 heteroatoms. The highest BCUT2D eigenvalue weighted by molar-refractivity contribution is 8.38. The lowest BCUT2D eigenvalue weighted by Gasteiger charge is -2.12. The van der Waals surface area contributed by atoms with Gasteiger partial charge < -0.3 is 15.2 Å². The number of nitrogens with two attached hydrogens (primary N) is 1. The number of carbonyl (C=O) groups is 1. The molecule has 0 spiro atoms. The molecule has 3 N–H and O–H groups in total. The topological polar surface area (TPSA) is 168 Å². The van der Waals surface area contributed by atoms with Crippen molar-refractivity contribution in [3.8, 4) is 17.3 Å². The molecule has 218 valence electrons. The number of thioether (sulfide) groups is 2. The van der Waals surface area contributed by atoms with Crippen LogP contribution in [-0.4, -0.2) is 61.2 Å². The molecular formula is C28H25N9O4S2. The Balaban J connectivity index is 1.14. The number of nitrogen functional groups attached to an aromatic ring is 1. The van der Waals surface area contributed by atoms with Crippen LogP contribution in [0.2, 0.25) is 0 Å². The molecule has 1 amide bonds. The van der Waals surface area contributed by atoms with Gasteiger partial charge in [0, 0.05) is 11.5 Å². The highest BCUT2D eigenvalue weighted by Gasteiger charge is 2.25. The summed E-state index contributed by atoms with van der Waals surface area (Å²) < 4.78 is 18.6. The second-order valence-corrected chi connectivity index (χ2v) is 11.4. The first kappa shape index (κ1) is 28.2. The van der Waals surface area contributed by atoms with Crippen molar-refractivity contribution >= 4 is 56.6 Å². The third-order valence-electron chi connectivity index (χ3n) is 6.40. The van der Waals surface area contributed by atoms with E-state index in [0.29, 0.717) is 35.1 Å². The Labute approximate surface area is 253 Å². The number of carbonyl (C=O) groups excluding carboxylic acids is 1. The Morgan fingerprint density at radius 3 is 2.88 bits per heavy atom. The van der Waals surface area contributed by atoms with E-state index in [0.717, 1.165) is 33.0 Å². The number of anilines is 1. The molecule has 6 rings (SSSR count). The van der Waals surface area contributed by atoms with Gasteiger partial charge in [0.25, 0.3) is 5.91 Å². The fourth-order valence-corrected chi connectivity index (χ4v) is 6.33. The number of hydrogen-bond acceptors (Lipinski definition) is 13. The zero-order valence-electron chi connectivity index (χ0n) is 22.8. The van der Waals surface area contributed by atoms with Crippen LogP contribution in [0.15, 0.2) is 75.4 Å². The Morgan fingerprint density at radius 1 is 1.19 bits per heavy atom. The van der Waals surface area contributed by atoms with E-state index in [4.69, 9.17) is 19.8 Å². The minimum atomic E-state index is -0.559. The third-order valence-corrected chi connectivity index (χ3v) is 8.66. The summed E-state index contributed by atoms with van der Waals surface area (Å²) in [6.07, 6.45) is 1.50. The molecule has 0 saturated heterocycles. The second-order valence-electron chi connectivity index (χ2n) is 9.09. The summed E-state index contributed by atoms with van der Waals surface area (Å²) in [4.78, 5) is 17.5. The van der Waals surface area contributed by atoms with Crippen LogP contribution in [0.25, 0.3) is 16.6 Å². The first-order valence-corrected chi connectivity index (χ1v) is 15.0. The summed E-state index contributed by atoms with van der Waals surface area (Å²) in [6, 6.07) is 19.7. The van der Waals surface area contributed by atoms with Crippen LogP contribution in [0.3, 0.4) is 0 Å². The van der Waals surface area contributed by atoms with E-state index in [1.807, 2.05) is 30.3 Å². The van der Waals surface area contributed by atoms with Crippen LogP contribution in [0, 0.1) is 0 Å². The number of amides is 1. The van der Waals surface area contributed by atoms with Crippen LogP contribution in [0.1, 0.15) is 27.3 Å². The van der Waals surface area contributed by atoms with Crippen molar-refractivity contribution in [1.82, 2.24) is 30.7 Å². The number of hydrazone groups is 1. The maximum absolute atomic E-state index is 13.1. The minimum absolute atomic E-state index is 0.0206. The number of ether oxygens (including phenoxy) is 2. The fourth-order valence-electron chi connectivity index (χ4n) is 4.32. The molecule has 1 aliphatic heterocycles. The van der Waals surface area contributed by atoms with Crippen LogP contribution in [-0.2, 0) is 12.4 Å². The third kappa shape index (κ3) is 6.32. The van der Waals surface area contributed by atoms with Crippen molar-refractivity contribution in [3.63, 3.8) is 0 Å². The highest BCUT2D eigenvalue weighted by Crippen LogP contribution is 2.30. The van der Waals surface area contributed by atoms with Gasteiger partial charge in [0.2, 0.25) is 11.6 Å². The van der Waals surface area contributed by atoms with Gasteiger partial charge in [-0.15, -0.1) is 5.10 Å². The standard InChI is InChI=1S/C28H25N9O4S2/c1-39-23-13-17(9-10-22(23)40-15-19-7-4-6-18-5-2-3-8-20(18)19)14-31-33-27(38)24-21(16-43-28-30-11-12-42-28)37(36-32-24)26-25(29)34-41-35-26/h2-10,13-14H,11-12,15-16H2,1H3,(H2,29,34)(H,33,38). The zero-order chi connectivity index (χ0) is 29.6. The molecule has 0 fully saturated rings. The van der Waals surface area contributed by atoms with Crippen molar-refractivity contribution in [2.45, 2.75) is 12.4 Å². The SMILES string of the molecule is COc1cc(C=NNC(=O)c2nnn(-c3nonc3N)c2CSC2=NCCS2)ccc1OCc1cccc2ccccc12. The number of methoxy groups -OCH3 is 1. The molecule has 5 aromatic rings. The van der Waals surface area contributed by atoms with Crippen molar-refractivity contribution in [1.29, 1.82) is 0 Å². The Bertz CT molecular complexity index is 1830. The monoisotopic (exact) mass is 615 g/mol. The lowest BCUT2D eigenvalue weighted by Crippen LogP contribution is -2.20. The van der Waals surface area contributed by atoms with Gasteiger partial charge in [0.1, 0.15) is 11.0 Å². The van der Waals surface area contributed by atoms with Crippen LogP contribution < -0.4 is 20.6 Å². The van der Waals surface area contributed by atoms with Crippen LogP contribution in [0.4, 0.5) is 5.82 Å². The summed E-state index contributed by atoms with van der Waals surface area (Å²) >= 11 is 3.12. The van der Waals surface area contributed by atoms with Crippen molar-refractivity contribution in [2.24, 2.45) is 10.1 Å². The van der Waals surface area contributed by atoms with Gasteiger partial charge in [0.15, 0.2) is 17.2 Å². The zero-order valence-corrected chi connectivity index (χ0v) is 24.5. The number of benzene rings is 3. The van der Waals surface area contributed by atoms with Gasteiger partial charge in [-0.25, -0.2) is 10.1 Å². The molecule has 3 heterocycles. The van der Waals surface area contributed by atoms with E-state index in [1.165, 1.54) is 22.7 Å². The lowest BCUT2D eigenvalue weighted by molar-refractivity contribution is 0.0949. The maximum Gasteiger partial charge on any atom is 0.293 e. The summed E-state index contributed by atoms with van der Waals surface area (Å²) in [5.41, 5.74) is 10.6. The second kappa shape index (κ2) is 13.0. The maximum atomic E-state index is 13.1. The molecule has 1 aliphatic rings. The predicted molar refractivity (Wildman–Crippen MR) is 166 cm³/mol. The molecule has 43 heavy (non-hydrogen) atoms. The molecular weight excluding hydrogens is 591 g/mol. The van der Waals surface area contributed by atoms with Gasteiger partial charge in [-0.2, -0.15) is 9.78 Å². The number of fused-ring (bicyclic) bond motifs is 1. The number of aromatic nitrogens is 5. The normalized spacial score (nSPS) is 13.0. The van der Waals surface area contributed by atoms with Gasteiger partial charge in [-0.1, -0.05) is 71.2 Å². The Kier molecular flexibility index (Phi) is 8.51. The number of aliphatic imine (C=N–C) groups is 1. The van der Waals surface area contributed by atoms with Crippen molar-refractivity contribution in [2.75, 3.05) is 25.1 Å². The van der Waals surface area contributed by atoms with Crippen LogP contribution in [0.5, 0.6) is 11.5 Å². The number of hydrogen-bond donors (Lipinski definition) is 2. The van der Waals surface area contributed by atoms with E-state index in [1.54, 1.807) is 31.0 Å². The average Bonchev–Trinajstić information content (AvgIpc) is 3.80. The number of nitrogens with one attached hydrogen (secondary N) is 1. The Morgan fingerprint density at radius 2 is 2.07 bits per heavy atom.